The van der Waals surface area contributed by atoms with Gasteiger partial charge in [0.15, 0.2) is 0 Å². The van der Waals surface area contributed by atoms with Crippen LogP contribution in [0.1, 0.15) is 15.9 Å². The first-order valence-corrected chi connectivity index (χ1v) is 6.74. The third kappa shape index (κ3) is 2.58. The Morgan fingerprint density at radius 1 is 1.10 bits per heavy atom. The first-order chi connectivity index (χ1) is 10.1. The highest BCUT2D eigenvalue weighted by molar-refractivity contribution is 6.22. The number of aryl methyl sites for hydroxylation is 1. The van der Waals surface area contributed by atoms with Crippen molar-refractivity contribution in [1.29, 1.82) is 0 Å². The van der Waals surface area contributed by atoms with Crippen LogP contribution >= 0.6 is 0 Å². The Morgan fingerprint density at radius 3 is 2.43 bits per heavy atom. The molecule has 0 radical (unpaired) electrons. The van der Waals surface area contributed by atoms with Gasteiger partial charge in [-0.15, -0.1) is 0 Å². The average Bonchev–Trinajstić information content (AvgIpc) is 3.29. The van der Waals surface area contributed by atoms with E-state index in [4.69, 9.17) is 4.74 Å². The minimum absolute atomic E-state index is 0.123. The molecule has 1 aliphatic heterocycles. The predicted molar refractivity (Wildman–Crippen MR) is 79.3 cm³/mol. The second-order valence-corrected chi connectivity index (χ2v) is 5.13. The standard InChI is InChI=1S/C17H15NO3/c1-12-6-5-7-13(10-12)15(19)17(11-21-17)16(20)18-14-8-3-2-4-9-14/h2-10H,11H2,1H3,(H,18,20). The molecular formula is C17H15NO3. The van der Waals surface area contributed by atoms with Gasteiger partial charge in [0.2, 0.25) is 11.4 Å². The Hall–Kier alpha value is -2.46. The molecule has 1 heterocycles. The first kappa shape index (κ1) is 13.5. The molecule has 0 bridgehead atoms. The molecule has 1 atom stereocenters. The second kappa shape index (κ2) is 5.14. The summed E-state index contributed by atoms with van der Waals surface area (Å²) in [4.78, 5) is 24.9. The highest BCUT2D eigenvalue weighted by atomic mass is 16.6. The van der Waals surface area contributed by atoms with E-state index in [1.165, 1.54) is 0 Å². The number of anilines is 1. The van der Waals surface area contributed by atoms with Crippen molar-refractivity contribution >= 4 is 17.4 Å². The molecule has 1 amide bonds. The summed E-state index contributed by atoms with van der Waals surface area (Å²) < 4.78 is 5.22. The number of carbonyl (C=O) groups excluding carboxylic acids is 2. The van der Waals surface area contributed by atoms with Gasteiger partial charge in [-0.3, -0.25) is 9.59 Å². The van der Waals surface area contributed by atoms with Gasteiger partial charge in [-0.05, 0) is 25.1 Å². The monoisotopic (exact) mass is 281 g/mol. The summed E-state index contributed by atoms with van der Waals surface area (Å²) in [6.07, 6.45) is 0. The molecule has 0 saturated carbocycles. The topological polar surface area (TPSA) is 58.7 Å². The summed E-state index contributed by atoms with van der Waals surface area (Å²) >= 11 is 0. The Bertz CT molecular complexity index is 690. The molecule has 2 aromatic carbocycles. The number of hydrogen-bond donors (Lipinski definition) is 1. The van der Waals surface area contributed by atoms with Gasteiger partial charge in [0, 0.05) is 11.3 Å². The lowest BCUT2D eigenvalue weighted by molar-refractivity contribution is -0.119. The van der Waals surface area contributed by atoms with Gasteiger partial charge < -0.3 is 10.1 Å². The third-order valence-electron chi connectivity index (χ3n) is 3.48. The fraction of sp³-hybridized carbons (Fsp3) is 0.176. The minimum atomic E-state index is -1.37. The van der Waals surface area contributed by atoms with Crippen molar-refractivity contribution in [3.05, 3.63) is 65.7 Å². The van der Waals surface area contributed by atoms with Gasteiger partial charge in [0.25, 0.3) is 5.91 Å². The quantitative estimate of drug-likeness (QED) is 0.532. The van der Waals surface area contributed by atoms with Crippen molar-refractivity contribution < 1.29 is 14.3 Å². The number of benzene rings is 2. The maximum atomic E-state index is 12.5. The van der Waals surface area contributed by atoms with Gasteiger partial charge in [-0.1, -0.05) is 42.0 Å². The first-order valence-electron chi connectivity index (χ1n) is 6.74. The highest BCUT2D eigenvalue weighted by Crippen LogP contribution is 2.33. The molecule has 106 valence electrons. The molecule has 1 unspecified atom stereocenters. The largest absolute Gasteiger partial charge is 0.351 e. The van der Waals surface area contributed by atoms with Gasteiger partial charge in [0.1, 0.15) is 0 Å². The van der Waals surface area contributed by atoms with E-state index >= 15 is 0 Å². The maximum absolute atomic E-state index is 12.5. The zero-order valence-electron chi connectivity index (χ0n) is 11.6. The fourth-order valence-electron chi connectivity index (χ4n) is 2.21. The molecule has 4 heteroatoms. The average molecular weight is 281 g/mol. The zero-order chi connectivity index (χ0) is 14.9. The molecule has 3 rings (SSSR count). The van der Waals surface area contributed by atoms with Crippen molar-refractivity contribution in [2.45, 2.75) is 12.5 Å². The summed E-state index contributed by atoms with van der Waals surface area (Å²) in [7, 11) is 0. The lowest BCUT2D eigenvalue weighted by Crippen LogP contribution is -2.39. The van der Waals surface area contributed by atoms with Gasteiger partial charge in [0.05, 0.1) is 6.61 Å². The van der Waals surface area contributed by atoms with E-state index in [1.807, 2.05) is 31.2 Å². The van der Waals surface area contributed by atoms with Gasteiger partial charge in [-0.25, -0.2) is 0 Å². The van der Waals surface area contributed by atoms with Crippen LogP contribution in [0, 0.1) is 6.92 Å². The Labute approximate surface area is 122 Å². The zero-order valence-corrected chi connectivity index (χ0v) is 11.6. The van der Waals surface area contributed by atoms with Crippen molar-refractivity contribution in [1.82, 2.24) is 0 Å². The molecule has 1 saturated heterocycles. The molecule has 1 fully saturated rings. The van der Waals surface area contributed by atoms with Crippen LogP contribution < -0.4 is 5.32 Å². The van der Waals surface area contributed by atoms with E-state index in [-0.39, 0.29) is 12.4 Å². The lowest BCUT2D eigenvalue weighted by atomic mass is 9.96. The van der Waals surface area contributed by atoms with Crippen LogP contribution in [-0.2, 0) is 9.53 Å². The van der Waals surface area contributed by atoms with E-state index < -0.39 is 11.5 Å². The normalized spacial score (nSPS) is 19.9. The molecule has 1 N–H and O–H groups in total. The highest BCUT2D eigenvalue weighted by Gasteiger charge is 2.59. The van der Waals surface area contributed by atoms with E-state index in [0.717, 1.165) is 5.56 Å². The SMILES string of the molecule is Cc1cccc(C(=O)C2(C(=O)Nc3ccccc3)CO2)c1. The Morgan fingerprint density at radius 2 is 1.81 bits per heavy atom. The summed E-state index contributed by atoms with van der Waals surface area (Å²) in [5.74, 6) is -0.708. The molecule has 1 aliphatic rings. The number of ketones is 1. The molecule has 21 heavy (non-hydrogen) atoms. The number of rotatable bonds is 4. The number of Topliss-reactive ketones (excluding diaryl/α,β-unsaturated/α-hetero) is 1. The van der Waals surface area contributed by atoms with Gasteiger partial charge in [-0.2, -0.15) is 0 Å². The number of epoxide rings is 1. The predicted octanol–water partition coefficient (Wildman–Crippen LogP) is 2.59. The molecule has 0 spiro atoms. The van der Waals surface area contributed by atoms with E-state index in [9.17, 15) is 9.59 Å². The summed E-state index contributed by atoms with van der Waals surface area (Å²) in [6, 6.07) is 16.2. The van der Waals surface area contributed by atoms with Crippen molar-refractivity contribution in [2.24, 2.45) is 0 Å². The molecule has 2 aromatic rings. The number of hydrogen-bond acceptors (Lipinski definition) is 3. The van der Waals surface area contributed by atoms with E-state index in [2.05, 4.69) is 5.32 Å². The van der Waals surface area contributed by atoms with Crippen LogP contribution in [-0.4, -0.2) is 23.9 Å². The Balaban J connectivity index is 1.81. The van der Waals surface area contributed by atoms with Gasteiger partial charge >= 0.3 is 0 Å². The molecule has 0 aromatic heterocycles. The van der Waals surface area contributed by atoms with Crippen molar-refractivity contribution in [3.8, 4) is 0 Å². The van der Waals surface area contributed by atoms with Crippen LogP contribution in [0.15, 0.2) is 54.6 Å². The number of ether oxygens (including phenoxy) is 1. The fourth-order valence-corrected chi connectivity index (χ4v) is 2.21. The summed E-state index contributed by atoms with van der Waals surface area (Å²) in [5.41, 5.74) is 0.745. The van der Waals surface area contributed by atoms with E-state index in [1.54, 1.807) is 30.3 Å². The number of nitrogens with one attached hydrogen (secondary N) is 1. The van der Waals surface area contributed by atoms with Crippen LogP contribution in [0.2, 0.25) is 0 Å². The van der Waals surface area contributed by atoms with Crippen molar-refractivity contribution in [3.63, 3.8) is 0 Å². The minimum Gasteiger partial charge on any atom is -0.351 e. The number of carbonyl (C=O) groups is 2. The molecule has 4 nitrogen and oxygen atoms in total. The van der Waals surface area contributed by atoms with Crippen LogP contribution in [0.3, 0.4) is 0 Å². The molecule has 0 aliphatic carbocycles. The van der Waals surface area contributed by atoms with Crippen LogP contribution in [0.25, 0.3) is 0 Å². The molecular weight excluding hydrogens is 266 g/mol. The lowest BCUT2D eigenvalue weighted by Gasteiger charge is -2.12. The van der Waals surface area contributed by atoms with Crippen LogP contribution in [0.5, 0.6) is 0 Å². The smallest absolute Gasteiger partial charge is 0.267 e. The summed E-state index contributed by atoms with van der Waals surface area (Å²) in [5, 5.41) is 2.73. The third-order valence-corrected chi connectivity index (χ3v) is 3.48. The second-order valence-electron chi connectivity index (χ2n) is 5.13. The van der Waals surface area contributed by atoms with E-state index in [0.29, 0.717) is 11.3 Å². The van der Waals surface area contributed by atoms with Crippen molar-refractivity contribution in [2.75, 3.05) is 11.9 Å². The maximum Gasteiger partial charge on any atom is 0.267 e. The number of amides is 1. The summed E-state index contributed by atoms with van der Waals surface area (Å²) in [6.45, 7) is 2.03. The number of para-hydroxylation sites is 1. The Kier molecular flexibility index (Phi) is 3.31. The van der Waals surface area contributed by atoms with Crippen LogP contribution in [0.4, 0.5) is 5.69 Å².